The molecule has 1 amide bonds. The zero-order valence-corrected chi connectivity index (χ0v) is 23.8. The van der Waals surface area contributed by atoms with Gasteiger partial charge in [0.25, 0.3) is 0 Å². The molecule has 1 atom stereocenters. The van der Waals surface area contributed by atoms with Gasteiger partial charge in [0.2, 0.25) is 5.91 Å². The number of anilines is 3. The Morgan fingerprint density at radius 1 is 0.927 bits per heavy atom. The molecule has 0 aliphatic rings. The van der Waals surface area contributed by atoms with Crippen molar-refractivity contribution in [3.63, 3.8) is 0 Å². The molecule has 7 heteroatoms. The number of benzene rings is 4. The summed E-state index contributed by atoms with van der Waals surface area (Å²) in [5.74, 6) is 0.122. The molecular weight excluding hydrogens is 512 g/mol. The van der Waals surface area contributed by atoms with Gasteiger partial charge in [-0.1, -0.05) is 55.5 Å². The molecule has 0 saturated heterocycles. The third kappa shape index (κ3) is 5.99. The third-order valence-electron chi connectivity index (χ3n) is 7.26. The van der Waals surface area contributed by atoms with Crippen molar-refractivity contribution in [1.82, 2.24) is 9.55 Å². The van der Waals surface area contributed by atoms with E-state index in [0.717, 1.165) is 33.7 Å². The number of esters is 1. The molecule has 1 heterocycles. The first-order valence-corrected chi connectivity index (χ1v) is 13.8. The molecule has 0 bridgehead atoms. The number of nitrogens with zero attached hydrogens (tertiary/aromatic N) is 2. The molecule has 1 unspecified atom stereocenters. The third-order valence-corrected chi connectivity index (χ3v) is 7.26. The van der Waals surface area contributed by atoms with Crippen molar-refractivity contribution in [2.45, 2.75) is 40.0 Å². The van der Waals surface area contributed by atoms with E-state index in [9.17, 15) is 9.59 Å². The molecule has 0 spiro atoms. The summed E-state index contributed by atoms with van der Waals surface area (Å²) in [7, 11) is 0. The van der Waals surface area contributed by atoms with E-state index in [4.69, 9.17) is 9.72 Å². The molecule has 7 nitrogen and oxygen atoms in total. The van der Waals surface area contributed by atoms with Crippen LogP contribution in [0.25, 0.3) is 16.5 Å². The van der Waals surface area contributed by atoms with Crippen molar-refractivity contribution in [1.29, 1.82) is 0 Å². The molecular formula is C34H34N4O3. The quantitative estimate of drug-likeness (QED) is 0.148. The van der Waals surface area contributed by atoms with E-state index in [0.29, 0.717) is 5.69 Å². The molecule has 5 aromatic rings. The minimum atomic E-state index is -0.555. The zero-order valence-electron chi connectivity index (χ0n) is 23.8. The number of carbonyl (C=O) groups excluding carboxylic acids is 2. The standard InChI is InChI=1S/C34H34N4O3/c1-5-41-31(40)21-30(39)37-33-28-12-7-6-11-25(28)13-18-29(33)36-26-14-16-27(17-15-26)38-20-19-35-34(38)24(4)32-22(2)9-8-10-23(32)3/h6-20,24,36H,5,21H2,1-4H3,(H,37,39). The van der Waals surface area contributed by atoms with Crippen molar-refractivity contribution in [2.75, 3.05) is 17.2 Å². The van der Waals surface area contributed by atoms with Crippen LogP contribution in [-0.2, 0) is 14.3 Å². The highest BCUT2D eigenvalue weighted by atomic mass is 16.5. The van der Waals surface area contributed by atoms with Gasteiger partial charge in [-0.15, -0.1) is 0 Å². The fraction of sp³-hybridized carbons (Fsp3) is 0.206. The van der Waals surface area contributed by atoms with Crippen molar-refractivity contribution in [3.8, 4) is 5.69 Å². The van der Waals surface area contributed by atoms with Gasteiger partial charge < -0.3 is 19.9 Å². The van der Waals surface area contributed by atoms with Gasteiger partial charge in [-0.2, -0.15) is 0 Å². The predicted molar refractivity (Wildman–Crippen MR) is 164 cm³/mol. The van der Waals surface area contributed by atoms with Crippen LogP contribution < -0.4 is 10.6 Å². The van der Waals surface area contributed by atoms with Crippen LogP contribution in [0, 0.1) is 13.8 Å². The number of aromatic nitrogens is 2. The van der Waals surface area contributed by atoms with Gasteiger partial charge in [-0.3, -0.25) is 9.59 Å². The molecule has 0 radical (unpaired) electrons. The minimum Gasteiger partial charge on any atom is -0.466 e. The summed E-state index contributed by atoms with van der Waals surface area (Å²) in [6.07, 6.45) is 3.48. The maximum Gasteiger partial charge on any atom is 0.315 e. The second-order valence-electron chi connectivity index (χ2n) is 10.1. The Hall–Kier alpha value is -4.91. The number of aryl methyl sites for hydroxylation is 2. The fourth-order valence-corrected chi connectivity index (χ4v) is 5.39. The maximum atomic E-state index is 12.7. The lowest BCUT2D eigenvalue weighted by Crippen LogP contribution is -2.19. The van der Waals surface area contributed by atoms with E-state index in [1.807, 2.05) is 73.1 Å². The lowest BCUT2D eigenvalue weighted by atomic mass is 9.91. The van der Waals surface area contributed by atoms with Gasteiger partial charge in [0.1, 0.15) is 12.2 Å². The Balaban J connectivity index is 1.41. The maximum absolute atomic E-state index is 12.7. The van der Waals surface area contributed by atoms with E-state index >= 15 is 0 Å². The molecule has 0 saturated carbocycles. The molecule has 0 aliphatic heterocycles. The van der Waals surface area contributed by atoms with Crippen LogP contribution in [-0.4, -0.2) is 28.0 Å². The summed E-state index contributed by atoms with van der Waals surface area (Å²) >= 11 is 0. The average Bonchev–Trinajstić information content (AvgIpc) is 3.45. The highest BCUT2D eigenvalue weighted by molar-refractivity contribution is 6.10. The first-order valence-electron chi connectivity index (χ1n) is 13.8. The molecule has 208 valence electrons. The van der Waals surface area contributed by atoms with Crippen molar-refractivity contribution >= 4 is 39.7 Å². The van der Waals surface area contributed by atoms with Crippen molar-refractivity contribution < 1.29 is 14.3 Å². The van der Waals surface area contributed by atoms with Gasteiger partial charge in [0.05, 0.1) is 18.0 Å². The number of nitrogens with one attached hydrogen (secondary N) is 2. The monoisotopic (exact) mass is 546 g/mol. The number of carbonyl (C=O) groups is 2. The molecule has 5 rings (SSSR count). The number of amides is 1. The van der Waals surface area contributed by atoms with Crippen LogP contribution in [0.4, 0.5) is 17.1 Å². The normalized spacial score (nSPS) is 11.7. The van der Waals surface area contributed by atoms with Gasteiger partial charge in [0.15, 0.2) is 0 Å². The van der Waals surface area contributed by atoms with E-state index < -0.39 is 11.9 Å². The Labute approximate surface area is 240 Å². The Morgan fingerprint density at radius 3 is 2.39 bits per heavy atom. The fourth-order valence-electron chi connectivity index (χ4n) is 5.39. The smallest absolute Gasteiger partial charge is 0.315 e. The van der Waals surface area contributed by atoms with Crippen LogP contribution in [0.2, 0.25) is 0 Å². The van der Waals surface area contributed by atoms with E-state index in [-0.39, 0.29) is 18.9 Å². The van der Waals surface area contributed by atoms with Gasteiger partial charge in [-0.05, 0) is 73.2 Å². The number of fused-ring (bicyclic) bond motifs is 1. The van der Waals surface area contributed by atoms with Gasteiger partial charge in [-0.25, -0.2) is 4.98 Å². The minimum absolute atomic E-state index is 0.127. The van der Waals surface area contributed by atoms with Crippen LogP contribution in [0.1, 0.15) is 48.7 Å². The zero-order chi connectivity index (χ0) is 28.9. The van der Waals surface area contributed by atoms with E-state index in [1.165, 1.54) is 16.7 Å². The average molecular weight is 547 g/mol. The molecule has 41 heavy (non-hydrogen) atoms. The van der Waals surface area contributed by atoms with Gasteiger partial charge in [0, 0.05) is 35.1 Å². The Morgan fingerprint density at radius 2 is 1.66 bits per heavy atom. The van der Waals surface area contributed by atoms with Crippen LogP contribution in [0.5, 0.6) is 0 Å². The number of hydrogen-bond donors (Lipinski definition) is 2. The second kappa shape index (κ2) is 12.1. The van der Waals surface area contributed by atoms with E-state index in [2.05, 4.69) is 54.2 Å². The number of rotatable bonds is 9. The molecule has 2 N–H and O–H groups in total. The number of ether oxygens (including phenoxy) is 1. The summed E-state index contributed by atoms with van der Waals surface area (Å²) in [5.41, 5.74) is 7.00. The predicted octanol–water partition coefficient (Wildman–Crippen LogP) is 7.43. The molecule has 0 aliphatic carbocycles. The first-order chi connectivity index (χ1) is 19.9. The second-order valence-corrected chi connectivity index (χ2v) is 10.1. The molecule has 0 fully saturated rings. The largest absolute Gasteiger partial charge is 0.466 e. The van der Waals surface area contributed by atoms with E-state index in [1.54, 1.807) is 6.92 Å². The molecule has 1 aromatic heterocycles. The van der Waals surface area contributed by atoms with Gasteiger partial charge >= 0.3 is 5.97 Å². The molecule has 4 aromatic carbocycles. The van der Waals surface area contributed by atoms with Crippen LogP contribution >= 0.6 is 0 Å². The lowest BCUT2D eigenvalue weighted by Gasteiger charge is -2.19. The van der Waals surface area contributed by atoms with Crippen LogP contribution in [0.3, 0.4) is 0 Å². The Bertz CT molecular complexity index is 1690. The first kappa shape index (κ1) is 27.6. The summed E-state index contributed by atoms with van der Waals surface area (Å²) in [6.45, 7) is 8.43. The summed E-state index contributed by atoms with van der Waals surface area (Å²) in [6, 6.07) is 26.2. The number of hydrogen-bond acceptors (Lipinski definition) is 5. The topological polar surface area (TPSA) is 85.3 Å². The summed E-state index contributed by atoms with van der Waals surface area (Å²) in [5, 5.41) is 8.22. The van der Waals surface area contributed by atoms with Crippen LogP contribution in [0.15, 0.2) is 91.3 Å². The Kier molecular flexibility index (Phi) is 8.15. The summed E-state index contributed by atoms with van der Waals surface area (Å²) in [4.78, 5) is 29.3. The lowest BCUT2D eigenvalue weighted by molar-refractivity contribution is -0.145. The SMILES string of the molecule is CCOC(=O)CC(=O)Nc1c(Nc2ccc(-n3ccnc3C(C)c3c(C)cccc3C)cc2)ccc2ccccc12. The highest BCUT2D eigenvalue weighted by Gasteiger charge is 2.19. The number of imidazole rings is 1. The summed E-state index contributed by atoms with van der Waals surface area (Å²) < 4.78 is 7.07. The van der Waals surface area contributed by atoms with Crippen molar-refractivity contribution in [3.05, 3.63) is 114 Å². The highest BCUT2D eigenvalue weighted by Crippen LogP contribution is 2.34. The van der Waals surface area contributed by atoms with Crippen molar-refractivity contribution in [2.24, 2.45) is 0 Å².